The summed E-state index contributed by atoms with van der Waals surface area (Å²) in [5.41, 5.74) is 5.96. The molecule has 112 valence electrons. The van der Waals surface area contributed by atoms with Gasteiger partial charge in [0.05, 0.1) is 5.69 Å². The molecule has 0 amide bonds. The maximum absolute atomic E-state index is 12.6. The van der Waals surface area contributed by atoms with Gasteiger partial charge in [0.1, 0.15) is 0 Å². The topological polar surface area (TPSA) is 76.3 Å². The summed E-state index contributed by atoms with van der Waals surface area (Å²) in [5.74, 6) is 0.738. The van der Waals surface area contributed by atoms with Crippen molar-refractivity contribution < 1.29 is 8.42 Å². The summed E-state index contributed by atoms with van der Waals surface area (Å²) in [6.07, 6.45) is 6.67. The summed E-state index contributed by atoms with van der Waals surface area (Å²) >= 11 is 0. The summed E-state index contributed by atoms with van der Waals surface area (Å²) in [7, 11) is -1.96. The Morgan fingerprint density at radius 3 is 2.55 bits per heavy atom. The molecular weight excluding hydrogens is 274 g/mol. The highest BCUT2D eigenvalue weighted by Crippen LogP contribution is 2.31. The van der Waals surface area contributed by atoms with Gasteiger partial charge in [0.15, 0.2) is 5.03 Å². The summed E-state index contributed by atoms with van der Waals surface area (Å²) in [6, 6.07) is 3.27. The third-order valence-electron chi connectivity index (χ3n) is 4.33. The van der Waals surface area contributed by atoms with Crippen LogP contribution in [0.1, 0.15) is 39.0 Å². The fourth-order valence-electron chi connectivity index (χ4n) is 2.87. The molecule has 0 unspecified atom stereocenters. The number of nitrogens with two attached hydrogens (primary N) is 1. The van der Waals surface area contributed by atoms with Gasteiger partial charge in [-0.1, -0.05) is 13.3 Å². The minimum atomic E-state index is -3.60. The van der Waals surface area contributed by atoms with Crippen molar-refractivity contribution in [3.8, 4) is 0 Å². The van der Waals surface area contributed by atoms with Crippen molar-refractivity contribution in [1.29, 1.82) is 0 Å². The van der Waals surface area contributed by atoms with Gasteiger partial charge in [-0.25, -0.2) is 13.4 Å². The molecule has 0 aromatic carbocycles. The zero-order valence-electron chi connectivity index (χ0n) is 12.1. The van der Waals surface area contributed by atoms with Gasteiger partial charge in [0.2, 0.25) is 0 Å². The molecule has 20 heavy (non-hydrogen) atoms. The maximum Gasteiger partial charge on any atom is 0.262 e. The van der Waals surface area contributed by atoms with E-state index < -0.39 is 10.0 Å². The summed E-state index contributed by atoms with van der Waals surface area (Å²) in [4.78, 5) is 3.94. The van der Waals surface area contributed by atoms with Gasteiger partial charge in [0, 0.05) is 19.3 Å². The fourth-order valence-corrected chi connectivity index (χ4v) is 4.30. The smallest absolute Gasteiger partial charge is 0.262 e. The first-order chi connectivity index (χ1) is 9.46. The molecule has 1 aromatic heterocycles. The molecule has 6 heteroatoms. The van der Waals surface area contributed by atoms with Crippen LogP contribution in [0, 0.1) is 5.92 Å². The predicted molar refractivity (Wildman–Crippen MR) is 79.6 cm³/mol. The average Bonchev–Trinajstić information content (AvgIpc) is 2.47. The molecule has 1 aliphatic carbocycles. The van der Waals surface area contributed by atoms with Gasteiger partial charge < -0.3 is 5.73 Å². The highest BCUT2D eigenvalue weighted by molar-refractivity contribution is 7.89. The summed E-state index contributed by atoms with van der Waals surface area (Å²) in [6.45, 7) is 2.19. The van der Waals surface area contributed by atoms with Gasteiger partial charge in [-0.2, -0.15) is 4.31 Å². The Morgan fingerprint density at radius 2 is 2.00 bits per heavy atom. The van der Waals surface area contributed by atoms with E-state index in [1.165, 1.54) is 16.9 Å². The van der Waals surface area contributed by atoms with Crippen LogP contribution in [0.15, 0.2) is 23.4 Å². The Balaban J connectivity index is 2.16. The number of hydrogen-bond donors (Lipinski definition) is 1. The van der Waals surface area contributed by atoms with Crippen molar-refractivity contribution in [1.82, 2.24) is 9.29 Å². The minimum absolute atomic E-state index is 0.0277. The Kier molecular flexibility index (Phi) is 4.65. The fraction of sp³-hybridized carbons (Fsp3) is 0.643. The average molecular weight is 297 g/mol. The summed E-state index contributed by atoms with van der Waals surface area (Å²) in [5, 5.41) is -0.0277. The Labute approximate surface area is 121 Å². The maximum atomic E-state index is 12.6. The molecule has 0 spiro atoms. The number of nitrogen functional groups attached to an aromatic ring is 1. The highest BCUT2D eigenvalue weighted by Gasteiger charge is 2.32. The highest BCUT2D eigenvalue weighted by atomic mass is 32.2. The molecule has 0 atom stereocenters. The lowest BCUT2D eigenvalue weighted by Gasteiger charge is -2.33. The van der Waals surface area contributed by atoms with Crippen LogP contribution in [0.3, 0.4) is 0 Å². The number of rotatable bonds is 4. The number of nitrogens with zero attached hydrogens (tertiary/aromatic N) is 2. The van der Waals surface area contributed by atoms with E-state index in [1.807, 2.05) is 0 Å². The van der Waals surface area contributed by atoms with Crippen molar-refractivity contribution in [2.24, 2.45) is 5.92 Å². The lowest BCUT2D eigenvalue weighted by atomic mass is 9.85. The van der Waals surface area contributed by atoms with Crippen molar-refractivity contribution in [2.75, 3.05) is 12.8 Å². The van der Waals surface area contributed by atoms with Gasteiger partial charge in [-0.15, -0.1) is 0 Å². The van der Waals surface area contributed by atoms with Crippen LogP contribution in [-0.2, 0) is 10.0 Å². The van der Waals surface area contributed by atoms with E-state index in [-0.39, 0.29) is 16.8 Å². The second-order valence-corrected chi connectivity index (χ2v) is 7.41. The lowest BCUT2D eigenvalue weighted by molar-refractivity contribution is 0.232. The summed E-state index contributed by atoms with van der Waals surface area (Å²) < 4.78 is 26.6. The Bertz CT molecular complexity index is 551. The van der Waals surface area contributed by atoms with Gasteiger partial charge in [-0.05, 0) is 43.7 Å². The molecular formula is C14H23N3O2S. The van der Waals surface area contributed by atoms with Crippen molar-refractivity contribution in [2.45, 2.75) is 50.1 Å². The van der Waals surface area contributed by atoms with E-state index in [9.17, 15) is 8.42 Å². The van der Waals surface area contributed by atoms with Crippen LogP contribution in [0.5, 0.6) is 0 Å². The van der Waals surface area contributed by atoms with Crippen LogP contribution >= 0.6 is 0 Å². The first kappa shape index (κ1) is 15.3. The van der Waals surface area contributed by atoms with E-state index >= 15 is 0 Å². The van der Waals surface area contributed by atoms with E-state index in [0.717, 1.165) is 31.6 Å². The normalized spacial score (nSPS) is 23.9. The molecule has 2 N–H and O–H groups in total. The van der Waals surface area contributed by atoms with Crippen molar-refractivity contribution in [3.05, 3.63) is 18.3 Å². The molecule has 0 radical (unpaired) electrons. The molecule has 0 aliphatic heterocycles. The minimum Gasteiger partial charge on any atom is -0.396 e. The number of pyridine rings is 1. The molecule has 1 fully saturated rings. The zero-order valence-corrected chi connectivity index (χ0v) is 12.9. The molecule has 0 bridgehead atoms. The molecule has 2 rings (SSSR count). The molecule has 0 saturated heterocycles. The lowest BCUT2D eigenvalue weighted by Crippen LogP contribution is -2.40. The quantitative estimate of drug-likeness (QED) is 0.924. The van der Waals surface area contributed by atoms with Gasteiger partial charge >= 0.3 is 0 Å². The van der Waals surface area contributed by atoms with Gasteiger partial charge in [-0.3, -0.25) is 0 Å². The molecule has 1 aromatic rings. The third kappa shape index (κ3) is 2.96. The third-order valence-corrected chi connectivity index (χ3v) is 6.22. The van der Waals surface area contributed by atoms with Crippen molar-refractivity contribution >= 4 is 15.7 Å². The standard InChI is InChI=1S/C14H23N3O2S/c1-3-11-6-8-12(9-7-11)17(2)20(18,19)14-13(15)5-4-10-16-14/h4-5,10-12H,3,6-9,15H2,1-2H3. The largest absolute Gasteiger partial charge is 0.396 e. The number of hydrogen-bond acceptors (Lipinski definition) is 4. The van der Waals surface area contributed by atoms with E-state index in [2.05, 4.69) is 11.9 Å². The monoisotopic (exact) mass is 297 g/mol. The second-order valence-electron chi connectivity index (χ2n) is 5.50. The first-order valence-electron chi connectivity index (χ1n) is 7.15. The van der Waals surface area contributed by atoms with Crippen molar-refractivity contribution in [3.63, 3.8) is 0 Å². The Hall–Kier alpha value is -1.14. The molecule has 1 saturated carbocycles. The SMILES string of the molecule is CCC1CCC(N(C)S(=O)(=O)c2ncccc2N)CC1. The number of anilines is 1. The first-order valence-corrected chi connectivity index (χ1v) is 8.59. The van der Waals surface area contributed by atoms with Gasteiger partial charge in [0.25, 0.3) is 10.0 Å². The predicted octanol–water partition coefficient (Wildman–Crippen LogP) is 2.25. The van der Waals surface area contributed by atoms with Crippen LogP contribution in [0.4, 0.5) is 5.69 Å². The van der Waals surface area contributed by atoms with E-state index in [1.54, 1.807) is 19.2 Å². The van der Waals surface area contributed by atoms with E-state index in [4.69, 9.17) is 5.73 Å². The van der Waals surface area contributed by atoms with Crippen LogP contribution < -0.4 is 5.73 Å². The second kappa shape index (κ2) is 6.10. The van der Waals surface area contributed by atoms with E-state index in [0.29, 0.717) is 0 Å². The molecule has 5 nitrogen and oxygen atoms in total. The molecule has 1 aliphatic rings. The van der Waals surface area contributed by atoms with Crippen LogP contribution in [0.25, 0.3) is 0 Å². The zero-order chi connectivity index (χ0) is 14.8. The van der Waals surface area contributed by atoms with Crippen LogP contribution in [0.2, 0.25) is 0 Å². The number of aromatic nitrogens is 1. The van der Waals surface area contributed by atoms with Crippen LogP contribution in [-0.4, -0.2) is 30.8 Å². The Morgan fingerprint density at radius 1 is 1.35 bits per heavy atom. The number of sulfonamides is 1. The molecule has 1 heterocycles.